The standard InChI is InChI=1S/C25H34N2O3/c1-16-9-11-19(14-21(16)26-17(2)28)27-23(29)15-30-22-12-10-18(24(3,4)5)13-20(22)25(6,7)8/h9-14H,15H2,1-8H3,(H,26,28)(H,27,29). The molecule has 0 fully saturated rings. The van der Waals surface area contributed by atoms with E-state index in [2.05, 4.69) is 64.3 Å². The number of rotatable bonds is 5. The molecule has 2 N–H and O–H groups in total. The molecule has 0 heterocycles. The number of amides is 2. The Kier molecular flexibility index (Phi) is 6.96. The summed E-state index contributed by atoms with van der Waals surface area (Å²) in [5, 5.41) is 5.60. The molecule has 0 atom stereocenters. The zero-order valence-corrected chi connectivity index (χ0v) is 19.4. The minimum absolute atomic E-state index is 0.0347. The summed E-state index contributed by atoms with van der Waals surface area (Å²) in [5.41, 5.74) is 4.43. The number of hydrogen-bond donors (Lipinski definition) is 2. The quantitative estimate of drug-likeness (QED) is 0.677. The number of carbonyl (C=O) groups excluding carboxylic acids is 2. The Morgan fingerprint density at radius 3 is 2.13 bits per heavy atom. The highest BCUT2D eigenvalue weighted by Gasteiger charge is 2.23. The van der Waals surface area contributed by atoms with Gasteiger partial charge in [0.15, 0.2) is 6.61 Å². The first-order chi connectivity index (χ1) is 13.8. The number of hydrogen-bond acceptors (Lipinski definition) is 3. The van der Waals surface area contributed by atoms with Crippen LogP contribution in [-0.4, -0.2) is 18.4 Å². The molecule has 5 heteroatoms. The van der Waals surface area contributed by atoms with E-state index in [-0.39, 0.29) is 29.3 Å². The van der Waals surface area contributed by atoms with Crippen LogP contribution in [-0.2, 0) is 20.4 Å². The first kappa shape index (κ1) is 23.5. The van der Waals surface area contributed by atoms with Gasteiger partial charge in [-0.2, -0.15) is 0 Å². The summed E-state index contributed by atoms with van der Waals surface area (Å²) in [5.74, 6) is 0.305. The Balaban J connectivity index is 2.14. The van der Waals surface area contributed by atoms with E-state index in [1.807, 2.05) is 19.1 Å². The molecule has 2 aromatic carbocycles. The van der Waals surface area contributed by atoms with Crippen molar-refractivity contribution in [3.05, 3.63) is 53.1 Å². The number of nitrogens with one attached hydrogen (secondary N) is 2. The lowest BCUT2D eigenvalue weighted by molar-refractivity contribution is -0.118. The van der Waals surface area contributed by atoms with Crippen LogP contribution >= 0.6 is 0 Å². The van der Waals surface area contributed by atoms with Gasteiger partial charge < -0.3 is 15.4 Å². The first-order valence-electron chi connectivity index (χ1n) is 10.2. The van der Waals surface area contributed by atoms with Crippen LogP contribution in [0, 0.1) is 6.92 Å². The highest BCUT2D eigenvalue weighted by molar-refractivity contribution is 5.94. The monoisotopic (exact) mass is 410 g/mol. The van der Waals surface area contributed by atoms with Crippen LogP contribution < -0.4 is 15.4 Å². The van der Waals surface area contributed by atoms with Crippen molar-refractivity contribution in [2.75, 3.05) is 17.2 Å². The average molecular weight is 411 g/mol. The van der Waals surface area contributed by atoms with E-state index in [9.17, 15) is 9.59 Å². The minimum atomic E-state index is -0.257. The maximum Gasteiger partial charge on any atom is 0.262 e. The molecule has 162 valence electrons. The Hall–Kier alpha value is -2.82. The summed E-state index contributed by atoms with van der Waals surface area (Å²) in [6.45, 7) is 16.2. The summed E-state index contributed by atoms with van der Waals surface area (Å²) in [4.78, 5) is 23.8. The summed E-state index contributed by atoms with van der Waals surface area (Å²) in [6.07, 6.45) is 0. The second-order valence-corrected chi connectivity index (χ2v) is 9.76. The van der Waals surface area contributed by atoms with Gasteiger partial charge in [0, 0.05) is 18.3 Å². The SMILES string of the molecule is CC(=O)Nc1cc(NC(=O)COc2ccc(C(C)(C)C)cc2C(C)(C)C)ccc1C. The van der Waals surface area contributed by atoms with Gasteiger partial charge in [0.1, 0.15) is 5.75 Å². The fourth-order valence-corrected chi connectivity index (χ4v) is 3.07. The zero-order valence-electron chi connectivity index (χ0n) is 19.4. The Labute approximate surface area is 180 Å². The fourth-order valence-electron chi connectivity index (χ4n) is 3.07. The van der Waals surface area contributed by atoms with Crippen LogP contribution in [0.15, 0.2) is 36.4 Å². The van der Waals surface area contributed by atoms with E-state index in [1.165, 1.54) is 12.5 Å². The van der Waals surface area contributed by atoms with Crippen molar-refractivity contribution in [1.82, 2.24) is 0 Å². The van der Waals surface area contributed by atoms with Crippen molar-refractivity contribution in [2.24, 2.45) is 0 Å². The molecule has 0 spiro atoms. The zero-order chi connectivity index (χ0) is 22.7. The molecule has 0 saturated carbocycles. The molecule has 0 saturated heterocycles. The largest absolute Gasteiger partial charge is 0.483 e. The molecule has 0 aromatic heterocycles. The van der Waals surface area contributed by atoms with Crippen LogP contribution in [0.1, 0.15) is 65.2 Å². The summed E-state index contributed by atoms with van der Waals surface area (Å²) in [6, 6.07) is 11.6. The molecule has 0 aliphatic heterocycles. The van der Waals surface area contributed by atoms with Crippen LogP contribution in [0.2, 0.25) is 0 Å². The van der Waals surface area contributed by atoms with Gasteiger partial charge in [-0.3, -0.25) is 9.59 Å². The average Bonchev–Trinajstić information content (AvgIpc) is 2.60. The highest BCUT2D eigenvalue weighted by Crippen LogP contribution is 2.35. The van der Waals surface area contributed by atoms with E-state index < -0.39 is 0 Å². The fraction of sp³-hybridized carbons (Fsp3) is 0.440. The van der Waals surface area contributed by atoms with Gasteiger partial charge in [0.2, 0.25) is 5.91 Å². The van der Waals surface area contributed by atoms with Crippen molar-refractivity contribution in [3.63, 3.8) is 0 Å². The highest BCUT2D eigenvalue weighted by atomic mass is 16.5. The van der Waals surface area contributed by atoms with E-state index in [0.717, 1.165) is 11.1 Å². The van der Waals surface area contributed by atoms with E-state index in [1.54, 1.807) is 12.1 Å². The minimum Gasteiger partial charge on any atom is -0.483 e. The molecule has 0 radical (unpaired) electrons. The molecule has 0 aliphatic carbocycles. The van der Waals surface area contributed by atoms with E-state index >= 15 is 0 Å². The second kappa shape index (κ2) is 8.90. The number of benzene rings is 2. The summed E-state index contributed by atoms with van der Waals surface area (Å²) in [7, 11) is 0. The molecule has 0 unspecified atom stereocenters. The third-order valence-electron chi connectivity index (χ3n) is 4.84. The smallest absolute Gasteiger partial charge is 0.262 e. The van der Waals surface area contributed by atoms with Gasteiger partial charge in [0.05, 0.1) is 0 Å². The predicted octanol–water partition coefficient (Wildman–Crippen LogP) is 5.57. The maximum atomic E-state index is 12.5. The third-order valence-corrected chi connectivity index (χ3v) is 4.84. The Bertz CT molecular complexity index is 934. The van der Waals surface area contributed by atoms with Crippen molar-refractivity contribution in [1.29, 1.82) is 0 Å². The van der Waals surface area contributed by atoms with Crippen molar-refractivity contribution < 1.29 is 14.3 Å². The van der Waals surface area contributed by atoms with Gasteiger partial charge in [-0.25, -0.2) is 0 Å². The summed E-state index contributed by atoms with van der Waals surface area (Å²) >= 11 is 0. The lowest BCUT2D eigenvalue weighted by atomic mass is 9.80. The van der Waals surface area contributed by atoms with Gasteiger partial charge in [-0.1, -0.05) is 59.7 Å². The van der Waals surface area contributed by atoms with Gasteiger partial charge >= 0.3 is 0 Å². The molecule has 30 heavy (non-hydrogen) atoms. The van der Waals surface area contributed by atoms with Crippen molar-refractivity contribution in [2.45, 2.75) is 66.2 Å². The molecule has 2 aromatic rings. The van der Waals surface area contributed by atoms with Gasteiger partial charge in [0.25, 0.3) is 5.91 Å². The number of aryl methyl sites for hydroxylation is 1. The van der Waals surface area contributed by atoms with Crippen molar-refractivity contribution >= 4 is 23.2 Å². The molecule has 5 nitrogen and oxygen atoms in total. The van der Waals surface area contributed by atoms with Crippen LogP contribution in [0.25, 0.3) is 0 Å². The molecular weight excluding hydrogens is 376 g/mol. The molecule has 2 amide bonds. The predicted molar refractivity (Wildman–Crippen MR) is 123 cm³/mol. The number of ether oxygens (including phenoxy) is 1. The van der Waals surface area contributed by atoms with Gasteiger partial charge in [-0.05, 0) is 52.6 Å². The lowest BCUT2D eigenvalue weighted by Crippen LogP contribution is -2.23. The topological polar surface area (TPSA) is 67.4 Å². The Morgan fingerprint density at radius 2 is 1.57 bits per heavy atom. The van der Waals surface area contributed by atoms with Crippen molar-refractivity contribution in [3.8, 4) is 5.75 Å². The maximum absolute atomic E-state index is 12.5. The van der Waals surface area contributed by atoms with E-state index in [4.69, 9.17) is 4.74 Å². The Morgan fingerprint density at radius 1 is 0.900 bits per heavy atom. The van der Waals surface area contributed by atoms with E-state index in [0.29, 0.717) is 17.1 Å². The molecule has 0 aliphatic rings. The molecule has 2 rings (SSSR count). The first-order valence-corrected chi connectivity index (χ1v) is 10.2. The van der Waals surface area contributed by atoms with Gasteiger partial charge in [-0.15, -0.1) is 0 Å². The van der Waals surface area contributed by atoms with Crippen LogP contribution in [0.4, 0.5) is 11.4 Å². The lowest BCUT2D eigenvalue weighted by Gasteiger charge is -2.27. The third kappa shape index (κ3) is 6.34. The summed E-state index contributed by atoms with van der Waals surface area (Å²) < 4.78 is 5.90. The number of anilines is 2. The van der Waals surface area contributed by atoms with Crippen LogP contribution in [0.3, 0.4) is 0 Å². The molecular formula is C25H34N2O3. The second-order valence-electron chi connectivity index (χ2n) is 9.76. The normalized spacial score (nSPS) is 11.7. The number of carbonyl (C=O) groups is 2. The molecule has 0 bridgehead atoms. The van der Waals surface area contributed by atoms with Crippen LogP contribution in [0.5, 0.6) is 5.75 Å².